The maximum absolute atomic E-state index is 12.1. The molecule has 1 saturated carbocycles. The smallest absolute Gasteiger partial charge is 0.250 e. The van der Waals surface area contributed by atoms with Crippen LogP contribution >= 0.6 is 0 Å². The van der Waals surface area contributed by atoms with E-state index in [4.69, 9.17) is 15.2 Å². The van der Waals surface area contributed by atoms with E-state index in [0.717, 1.165) is 35.3 Å². The lowest BCUT2D eigenvalue weighted by molar-refractivity contribution is -0.121. The third kappa shape index (κ3) is 3.92. The van der Waals surface area contributed by atoms with Gasteiger partial charge in [-0.25, -0.2) is 4.98 Å². The Morgan fingerprint density at radius 1 is 1.23 bits per heavy atom. The Morgan fingerprint density at radius 2 is 2.07 bits per heavy atom. The average molecular weight is 408 g/mol. The first-order valence-electron chi connectivity index (χ1n) is 9.78. The van der Waals surface area contributed by atoms with Crippen LogP contribution in [0.3, 0.4) is 0 Å². The predicted molar refractivity (Wildman–Crippen MR) is 112 cm³/mol. The Kier molecular flexibility index (Phi) is 5.52. The minimum atomic E-state index is -0.561. The summed E-state index contributed by atoms with van der Waals surface area (Å²) in [5.41, 5.74) is 9.16. The van der Waals surface area contributed by atoms with Crippen molar-refractivity contribution < 1.29 is 19.1 Å². The zero-order valence-corrected chi connectivity index (χ0v) is 16.8. The van der Waals surface area contributed by atoms with Crippen molar-refractivity contribution in [1.82, 2.24) is 9.38 Å². The number of fused-ring (bicyclic) bond motifs is 1. The van der Waals surface area contributed by atoms with Gasteiger partial charge in [-0.05, 0) is 36.6 Å². The number of hydrogen-bond acceptors (Lipinski definition) is 5. The number of rotatable bonds is 9. The molecule has 0 radical (unpaired) electrons. The molecule has 8 nitrogen and oxygen atoms in total. The van der Waals surface area contributed by atoms with Gasteiger partial charge >= 0.3 is 0 Å². The number of imidazole rings is 1. The van der Waals surface area contributed by atoms with Gasteiger partial charge in [0.05, 0.1) is 30.5 Å². The van der Waals surface area contributed by atoms with Gasteiger partial charge in [0, 0.05) is 24.6 Å². The van der Waals surface area contributed by atoms with Crippen LogP contribution in [0.15, 0.2) is 48.8 Å². The molecule has 0 aliphatic heterocycles. The molecule has 3 N–H and O–H groups in total. The molecule has 4 rings (SSSR count). The molecule has 30 heavy (non-hydrogen) atoms. The zero-order chi connectivity index (χ0) is 21.1. The van der Waals surface area contributed by atoms with Crippen LogP contribution in [0.4, 0.5) is 5.69 Å². The summed E-state index contributed by atoms with van der Waals surface area (Å²) < 4.78 is 12.1. The predicted octanol–water partition coefficient (Wildman–Crippen LogP) is 2.12. The van der Waals surface area contributed by atoms with E-state index in [2.05, 4.69) is 10.3 Å². The van der Waals surface area contributed by atoms with Gasteiger partial charge in [-0.3, -0.25) is 14.0 Å². The topological polar surface area (TPSA) is 108 Å². The maximum Gasteiger partial charge on any atom is 0.250 e. The van der Waals surface area contributed by atoms with Crippen LogP contribution in [0.1, 0.15) is 18.4 Å². The number of primary amides is 1. The molecule has 2 aromatic heterocycles. The van der Waals surface area contributed by atoms with Crippen LogP contribution in [0.2, 0.25) is 0 Å². The van der Waals surface area contributed by atoms with Gasteiger partial charge < -0.3 is 20.5 Å². The van der Waals surface area contributed by atoms with Gasteiger partial charge in [0.25, 0.3) is 0 Å². The molecule has 0 spiro atoms. The molecule has 0 unspecified atom stereocenters. The molecule has 1 aliphatic carbocycles. The number of aromatic nitrogens is 2. The normalized spacial score (nSPS) is 14.6. The first-order chi connectivity index (χ1) is 14.5. The second kappa shape index (κ2) is 8.25. The first-order valence-corrected chi connectivity index (χ1v) is 9.78. The number of nitrogens with one attached hydrogen (secondary N) is 1. The van der Waals surface area contributed by atoms with Gasteiger partial charge in [-0.2, -0.15) is 0 Å². The van der Waals surface area contributed by atoms with Gasteiger partial charge in [-0.1, -0.05) is 18.2 Å². The lowest BCUT2D eigenvalue weighted by atomic mass is 9.97. The summed E-state index contributed by atoms with van der Waals surface area (Å²) in [5, 5.41) is 2.83. The van der Waals surface area contributed by atoms with Gasteiger partial charge in [-0.15, -0.1) is 0 Å². The number of nitrogens with zero attached hydrogens (tertiary/aromatic N) is 2. The lowest BCUT2D eigenvalue weighted by Gasteiger charge is -2.13. The number of pyridine rings is 1. The molecule has 1 fully saturated rings. The summed E-state index contributed by atoms with van der Waals surface area (Å²) in [6.45, 7) is 0.763. The highest BCUT2D eigenvalue weighted by Gasteiger charge is 2.50. The van der Waals surface area contributed by atoms with Crippen molar-refractivity contribution >= 4 is 23.1 Å². The van der Waals surface area contributed by atoms with Gasteiger partial charge in [0.15, 0.2) is 0 Å². The second-order valence-corrected chi connectivity index (χ2v) is 7.41. The van der Waals surface area contributed by atoms with E-state index in [9.17, 15) is 9.59 Å². The fourth-order valence-corrected chi connectivity index (χ4v) is 3.54. The van der Waals surface area contributed by atoms with Crippen molar-refractivity contribution in [2.45, 2.75) is 18.3 Å². The molecule has 2 heterocycles. The average Bonchev–Trinajstić information content (AvgIpc) is 3.45. The summed E-state index contributed by atoms with van der Waals surface area (Å²) in [7, 11) is 1.58. The minimum Gasteiger partial charge on any atom is -0.382 e. The molecule has 3 aromatic rings. The number of methoxy groups -OCH3 is 1. The van der Waals surface area contributed by atoms with Crippen molar-refractivity contribution in [3.8, 4) is 11.3 Å². The van der Waals surface area contributed by atoms with E-state index in [0.29, 0.717) is 18.9 Å². The molecule has 0 bridgehead atoms. The van der Waals surface area contributed by atoms with Crippen LogP contribution in [0, 0.1) is 0 Å². The van der Waals surface area contributed by atoms with Crippen LogP contribution in [-0.2, 0) is 24.5 Å². The quantitative estimate of drug-likeness (QED) is 0.527. The highest BCUT2D eigenvalue weighted by molar-refractivity contribution is 5.92. The Bertz CT molecular complexity index is 1090. The van der Waals surface area contributed by atoms with E-state index < -0.39 is 5.41 Å². The number of anilines is 1. The van der Waals surface area contributed by atoms with E-state index in [1.165, 1.54) is 0 Å². The molecule has 0 saturated heterocycles. The summed E-state index contributed by atoms with van der Waals surface area (Å²) >= 11 is 0. The van der Waals surface area contributed by atoms with E-state index in [1.54, 1.807) is 13.3 Å². The summed E-state index contributed by atoms with van der Waals surface area (Å²) in [6.07, 6.45) is 5.25. The molecular weight excluding hydrogens is 384 g/mol. The molecular formula is C22H24N4O4. The van der Waals surface area contributed by atoms with E-state index >= 15 is 0 Å². The SMILES string of the molecule is COCCOCC(=O)Nc1cccc(-c2cnc3ccc(C4(C(N)=O)CC4)cn23)c1. The van der Waals surface area contributed by atoms with Crippen LogP contribution in [-0.4, -0.2) is 48.1 Å². The Hall–Kier alpha value is -3.23. The Morgan fingerprint density at radius 3 is 2.80 bits per heavy atom. The van der Waals surface area contributed by atoms with E-state index in [-0.39, 0.29) is 18.4 Å². The van der Waals surface area contributed by atoms with Crippen LogP contribution < -0.4 is 11.1 Å². The van der Waals surface area contributed by atoms with Crippen molar-refractivity contribution in [3.63, 3.8) is 0 Å². The summed E-state index contributed by atoms with van der Waals surface area (Å²) in [4.78, 5) is 28.4. The number of benzene rings is 1. The number of amides is 2. The van der Waals surface area contributed by atoms with Crippen molar-refractivity contribution in [2.75, 3.05) is 32.2 Å². The van der Waals surface area contributed by atoms with Crippen molar-refractivity contribution in [2.24, 2.45) is 5.73 Å². The van der Waals surface area contributed by atoms with Gasteiger partial charge in [0.1, 0.15) is 12.3 Å². The third-order valence-corrected chi connectivity index (χ3v) is 5.39. The fraction of sp³-hybridized carbons (Fsp3) is 0.318. The Balaban J connectivity index is 1.56. The maximum atomic E-state index is 12.1. The minimum absolute atomic E-state index is 0.0399. The van der Waals surface area contributed by atoms with Crippen molar-refractivity contribution in [3.05, 3.63) is 54.4 Å². The highest BCUT2D eigenvalue weighted by atomic mass is 16.5. The van der Waals surface area contributed by atoms with Crippen LogP contribution in [0.25, 0.3) is 16.9 Å². The number of hydrogen-bond donors (Lipinski definition) is 2. The largest absolute Gasteiger partial charge is 0.382 e. The second-order valence-electron chi connectivity index (χ2n) is 7.41. The summed E-state index contributed by atoms with van der Waals surface area (Å²) in [5.74, 6) is -0.526. The molecule has 1 aliphatic rings. The highest BCUT2D eigenvalue weighted by Crippen LogP contribution is 2.48. The standard InChI is InChI=1S/C22H24N4O4/c1-29-9-10-30-14-20(27)25-17-4-2-3-15(11-17)18-12-24-19-6-5-16(13-26(18)19)22(7-8-22)21(23)28/h2-6,11-13H,7-10,14H2,1H3,(H2,23,28)(H,25,27). The number of carbonyl (C=O) groups is 2. The molecule has 2 amide bonds. The Labute approximate surface area is 174 Å². The first kappa shape index (κ1) is 20.1. The molecule has 8 heteroatoms. The fourth-order valence-electron chi connectivity index (χ4n) is 3.54. The van der Waals surface area contributed by atoms with Gasteiger partial charge in [0.2, 0.25) is 11.8 Å². The zero-order valence-electron chi connectivity index (χ0n) is 16.8. The molecule has 0 atom stereocenters. The molecule has 1 aromatic carbocycles. The summed E-state index contributed by atoms with van der Waals surface area (Å²) in [6, 6.07) is 11.3. The van der Waals surface area contributed by atoms with E-state index in [1.807, 2.05) is 47.0 Å². The number of nitrogens with two attached hydrogens (primary N) is 1. The number of carbonyl (C=O) groups excluding carboxylic acids is 2. The van der Waals surface area contributed by atoms with Crippen molar-refractivity contribution in [1.29, 1.82) is 0 Å². The molecule has 156 valence electrons. The van der Waals surface area contributed by atoms with Crippen LogP contribution in [0.5, 0.6) is 0 Å². The third-order valence-electron chi connectivity index (χ3n) is 5.39. The lowest BCUT2D eigenvalue weighted by Crippen LogP contribution is -2.28. The number of ether oxygens (including phenoxy) is 2. The monoisotopic (exact) mass is 408 g/mol.